The van der Waals surface area contributed by atoms with Crippen molar-refractivity contribution in [1.82, 2.24) is 10.2 Å². The van der Waals surface area contributed by atoms with E-state index in [1.165, 1.54) is 16.7 Å². The first-order valence-corrected chi connectivity index (χ1v) is 7.24. The Morgan fingerprint density at radius 3 is 2.89 bits per heavy atom. The third-order valence-electron chi connectivity index (χ3n) is 2.60. The van der Waals surface area contributed by atoms with Gasteiger partial charge in [-0.2, -0.15) is 0 Å². The molecule has 1 rings (SSSR count). The molecule has 8 heteroatoms. The molecule has 0 saturated carbocycles. The molecular formula is C11H20N2O5S. The van der Waals surface area contributed by atoms with Crippen LogP contribution in [0.3, 0.4) is 0 Å². The molecule has 1 saturated heterocycles. The number of carbonyl (C=O) groups is 2. The Balaban J connectivity index is 2.12. The van der Waals surface area contributed by atoms with E-state index in [9.17, 15) is 9.59 Å². The molecule has 1 fully saturated rings. The van der Waals surface area contributed by atoms with Gasteiger partial charge in [-0.3, -0.25) is 0 Å². The maximum Gasteiger partial charge on any atom is 0.327 e. The molecule has 1 aliphatic rings. The number of urea groups is 1. The fourth-order valence-corrected chi connectivity index (χ4v) is 2.71. The van der Waals surface area contributed by atoms with Gasteiger partial charge in [0.15, 0.2) is 0 Å². The standard InChI is InChI=1S/C11H20N2O5S/c1-17-5-6-18-4-2-3-12-11(16)13-8-19-7-9(13)10(14)15/h9H,2-8H2,1H3,(H,12,16)(H,14,15)/t9-/m0/s1. The summed E-state index contributed by atoms with van der Waals surface area (Å²) in [5.74, 6) is -0.0845. The molecule has 0 aromatic rings. The summed E-state index contributed by atoms with van der Waals surface area (Å²) in [7, 11) is 1.61. The van der Waals surface area contributed by atoms with Gasteiger partial charge in [0.2, 0.25) is 0 Å². The summed E-state index contributed by atoms with van der Waals surface area (Å²) >= 11 is 1.45. The quantitative estimate of drug-likeness (QED) is 0.622. The van der Waals surface area contributed by atoms with Gasteiger partial charge in [0, 0.05) is 26.0 Å². The summed E-state index contributed by atoms with van der Waals surface area (Å²) in [6, 6.07) is -1.04. The molecule has 110 valence electrons. The molecule has 0 bridgehead atoms. The van der Waals surface area contributed by atoms with Gasteiger partial charge in [-0.25, -0.2) is 9.59 Å². The third kappa shape index (κ3) is 5.66. The van der Waals surface area contributed by atoms with E-state index in [0.717, 1.165) is 0 Å². The molecule has 7 nitrogen and oxygen atoms in total. The minimum Gasteiger partial charge on any atom is -0.480 e. The predicted octanol–water partition coefficient (Wildman–Crippen LogP) is 0.209. The highest BCUT2D eigenvalue weighted by Crippen LogP contribution is 2.20. The number of nitrogens with one attached hydrogen (secondary N) is 1. The summed E-state index contributed by atoms with van der Waals surface area (Å²) in [6.07, 6.45) is 0.689. The highest BCUT2D eigenvalue weighted by molar-refractivity contribution is 7.99. The molecule has 1 heterocycles. The Morgan fingerprint density at radius 2 is 2.21 bits per heavy atom. The highest BCUT2D eigenvalue weighted by atomic mass is 32.2. The van der Waals surface area contributed by atoms with Crippen LogP contribution in [0.4, 0.5) is 4.79 Å². The Bertz CT molecular complexity index is 303. The molecule has 0 aliphatic carbocycles. The van der Waals surface area contributed by atoms with Crippen molar-refractivity contribution >= 4 is 23.8 Å². The summed E-state index contributed by atoms with van der Waals surface area (Å²) < 4.78 is 10.1. The van der Waals surface area contributed by atoms with Crippen molar-refractivity contribution in [1.29, 1.82) is 0 Å². The number of amides is 2. The van der Waals surface area contributed by atoms with Gasteiger partial charge in [-0.15, -0.1) is 11.8 Å². The summed E-state index contributed by atoms with van der Waals surface area (Å²) in [6.45, 7) is 2.10. The van der Waals surface area contributed by atoms with Crippen molar-refractivity contribution in [3.63, 3.8) is 0 Å². The fourth-order valence-electron chi connectivity index (χ4n) is 1.56. The van der Waals surface area contributed by atoms with E-state index in [1.807, 2.05) is 0 Å². The lowest BCUT2D eigenvalue weighted by molar-refractivity contribution is -0.140. The van der Waals surface area contributed by atoms with Gasteiger partial charge in [-0.1, -0.05) is 0 Å². The van der Waals surface area contributed by atoms with E-state index in [4.69, 9.17) is 14.6 Å². The van der Waals surface area contributed by atoms with E-state index in [1.54, 1.807) is 7.11 Å². The molecule has 1 atom stereocenters. The number of carboxylic acid groups (broad SMARTS) is 1. The Morgan fingerprint density at radius 1 is 1.42 bits per heavy atom. The Kier molecular flexibility index (Phi) is 7.61. The van der Waals surface area contributed by atoms with E-state index >= 15 is 0 Å². The second-order valence-electron chi connectivity index (χ2n) is 4.01. The molecule has 1 aliphatic heterocycles. The maximum absolute atomic E-state index is 11.8. The number of methoxy groups -OCH3 is 1. The van der Waals surface area contributed by atoms with Crippen molar-refractivity contribution in [3.05, 3.63) is 0 Å². The number of hydrogen-bond acceptors (Lipinski definition) is 5. The number of carbonyl (C=O) groups excluding carboxylic acids is 1. The SMILES string of the molecule is COCCOCCCNC(=O)N1CSC[C@H]1C(=O)O. The number of nitrogens with zero attached hydrogens (tertiary/aromatic N) is 1. The van der Waals surface area contributed by atoms with Crippen molar-refractivity contribution in [3.8, 4) is 0 Å². The van der Waals surface area contributed by atoms with Gasteiger partial charge in [0.05, 0.1) is 19.1 Å². The first-order chi connectivity index (χ1) is 9.16. The topological polar surface area (TPSA) is 88.1 Å². The first-order valence-electron chi connectivity index (χ1n) is 6.08. The number of aliphatic carboxylic acids is 1. The van der Waals surface area contributed by atoms with E-state index in [0.29, 0.717) is 44.4 Å². The number of carboxylic acids is 1. The zero-order valence-electron chi connectivity index (χ0n) is 11.0. The first kappa shape index (κ1) is 16.1. The summed E-state index contributed by atoms with van der Waals surface area (Å²) in [4.78, 5) is 24.0. The Hall–Kier alpha value is -0.990. The number of ether oxygens (including phenoxy) is 2. The lowest BCUT2D eigenvalue weighted by Crippen LogP contribution is -2.47. The second kappa shape index (κ2) is 9.00. The van der Waals surface area contributed by atoms with Gasteiger partial charge >= 0.3 is 12.0 Å². The number of thioether (sulfide) groups is 1. The third-order valence-corrected chi connectivity index (χ3v) is 3.61. The molecule has 19 heavy (non-hydrogen) atoms. The van der Waals surface area contributed by atoms with Crippen molar-refractivity contribution in [2.45, 2.75) is 12.5 Å². The molecule has 0 radical (unpaired) electrons. The van der Waals surface area contributed by atoms with Crippen LogP contribution in [0.5, 0.6) is 0 Å². The van der Waals surface area contributed by atoms with Crippen LogP contribution in [0.25, 0.3) is 0 Å². The molecule has 0 spiro atoms. The fraction of sp³-hybridized carbons (Fsp3) is 0.818. The molecule has 0 aromatic heterocycles. The number of rotatable bonds is 8. The predicted molar refractivity (Wildman–Crippen MR) is 71.3 cm³/mol. The van der Waals surface area contributed by atoms with Crippen LogP contribution in [0.15, 0.2) is 0 Å². The van der Waals surface area contributed by atoms with Crippen LogP contribution in [-0.2, 0) is 14.3 Å². The summed E-state index contributed by atoms with van der Waals surface area (Å²) in [5, 5.41) is 11.7. The van der Waals surface area contributed by atoms with Gasteiger partial charge in [0.25, 0.3) is 0 Å². The number of hydrogen-bond donors (Lipinski definition) is 2. The zero-order chi connectivity index (χ0) is 14.1. The minimum absolute atomic E-state index is 0.325. The largest absolute Gasteiger partial charge is 0.480 e. The zero-order valence-corrected chi connectivity index (χ0v) is 11.8. The molecule has 2 amide bonds. The van der Waals surface area contributed by atoms with Crippen LogP contribution >= 0.6 is 11.8 Å². The monoisotopic (exact) mass is 292 g/mol. The van der Waals surface area contributed by atoms with E-state index in [-0.39, 0.29) is 6.03 Å². The van der Waals surface area contributed by atoms with Gasteiger partial charge < -0.3 is 24.8 Å². The van der Waals surface area contributed by atoms with Crippen molar-refractivity contribution in [2.24, 2.45) is 0 Å². The van der Waals surface area contributed by atoms with Gasteiger partial charge in [0.1, 0.15) is 6.04 Å². The van der Waals surface area contributed by atoms with Crippen LogP contribution in [0.2, 0.25) is 0 Å². The van der Waals surface area contributed by atoms with Gasteiger partial charge in [-0.05, 0) is 6.42 Å². The average Bonchev–Trinajstić information content (AvgIpc) is 2.87. The molecule has 0 unspecified atom stereocenters. The maximum atomic E-state index is 11.8. The molecule has 0 aromatic carbocycles. The Labute approximate surface area is 116 Å². The van der Waals surface area contributed by atoms with Crippen molar-refractivity contribution < 1.29 is 24.2 Å². The average molecular weight is 292 g/mol. The van der Waals surface area contributed by atoms with Crippen molar-refractivity contribution in [2.75, 3.05) is 45.1 Å². The van der Waals surface area contributed by atoms with E-state index < -0.39 is 12.0 Å². The van der Waals surface area contributed by atoms with Crippen LogP contribution in [-0.4, -0.2) is 73.2 Å². The van der Waals surface area contributed by atoms with Crippen LogP contribution < -0.4 is 5.32 Å². The summed E-state index contributed by atoms with van der Waals surface area (Å²) in [5.41, 5.74) is 0. The van der Waals surface area contributed by atoms with Crippen LogP contribution in [0.1, 0.15) is 6.42 Å². The molecule has 2 N–H and O–H groups in total. The normalized spacial score (nSPS) is 18.6. The van der Waals surface area contributed by atoms with Crippen LogP contribution in [0, 0.1) is 0 Å². The highest BCUT2D eigenvalue weighted by Gasteiger charge is 2.34. The molecular weight excluding hydrogens is 272 g/mol. The second-order valence-corrected chi connectivity index (χ2v) is 5.01. The minimum atomic E-state index is -0.956. The smallest absolute Gasteiger partial charge is 0.327 e. The van der Waals surface area contributed by atoms with E-state index in [2.05, 4.69) is 5.32 Å². The lowest BCUT2D eigenvalue weighted by Gasteiger charge is -2.20. The lowest BCUT2D eigenvalue weighted by atomic mass is 10.3.